The Bertz CT molecular complexity index is 584. The minimum Gasteiger partial charge on any atom is -0.478 e. The second-order valence-electron chi connectivity index (χ2n) is 9.52. The van der Waals surface area contributed by atoms with Gasteiger partial charge in [-0.05, 0) is 75.2 Å². The Labute approximate surface area is 152 Å². The summed E-state index contributed by atoms with van der Waals surface area (Å²) in [7, 11) is 0. The first-order valence-electron chi connectivity index (χ1n) is 8.91. The minimum absolute atomic E-state index is 0.0115. The molecule has 2 N–H and O–H groups in total. The quantitative estimate of drug-likeness (QED) is 0.698. The maximum atomic E-state index is 11.9. The second-order valence-corrected chi connectivity index (χ2v) is 9.52. The molecule has 2 aliphatic rings. The van der Waals surface area contributed by atoms with E-state index in [1.54, 1.807) is 0 Å². The van der Waals surface area contributed by atoms with Crippen molar-refractivity contribution >= 4 is 5.97 Å². The highest BCUT2D eigenvalue weighted by Gasteiger charge is 2.42. The molecule has 143 valence electrons. The monoisotopic (exact) mass is 351 g/mol. The molecule has 0 bridgehead atoms. The van der Waals surface area contributed by atoms with Crippen molar-refractivity contribution in [2.75, 3.05) is 0 Å². The topological polar surface area (TPSA) is 72.5 Å². The molecular formula is C20H35N2O3. The fourth-order valence-electron chi connectivity index (χ4n) is 3.58. The summed E-state index contributed by atoms with van der Waals surface area (Å²) in [5.41, 5.74) is 0.615. The zero-order chi connectivity index (χ0) is 19.8. The van der Waals surface area contributed by atoms with Gasteiger partial charge in [-0.25, -0.2) is 4.79 Å². The van der Waals surface area contributed by atoms with Crippen LogP contribution in [0, 0.1) is 0 Å². The van der Waals surface area contributed by atoms with Gasteiger partial charge in [0.1, 0.15) is 0 Å². The lowest BCUT2D eigenvalue weighted by Gasteiger charge is -2.46. The molecule has 0 spiro atoms. The van der Waals surface area contributed by atoms with Crippen LogP contribution in [0.25, 0.3) is 0 Å². The lowest BCUT2D eigenvalue weighted by molar-refractivity contribution is -0.265. The summed E-state index contributed by atoms with van der Waals surface area (Å²) in [5, 5.41) is 25.3. The molecule has 0 unspecified atom stereocenters. The van der Waals surface area contributed by atoms with E-state index >= 15 is 0 Å². The number of nitrogens with one attached hydrogen (secondary N) is 1. The number of carbonyl (C=O) groups is 1. The molecule has 2 aliphatic heterocycles. The fourth-order valence-corrected chi connectivity index (χ4v) is 3.58. The van der Waals surface area contributed by atoms with Gasteiger partial charge in [-0.1, -0.05) is 17.7 Å². The highest BCUT2D eigenvalue weighted by molar-refractivity contribution is 5.89. The summed E-state index contributed by atoms with van der Waals surface area (Å²) < 4.78 is 0. The van der Waals surface area contributed by atoms with E-state index < -0.39 is 11.5 Å². The molecule has 5 nitrogen and oxygen atoms in total. The lowest BCUT2D eigenvalue weighted by atomic mass is 9.82. The average molecular weight is 352 g/mol. The van der Waals surface area contributed by atoms with E-state index in [2.05, 4.69) is 25.2 Å². The van der Waals surface area contributed by atoms with Crippen molar-refractivity contribution in [1.29, 1.82) is 0 Å². The van der Waals surface area contributed by atoms with Crippen molar-refractivity contribution in [2.45, 2.75) is 97.3 Å². The Morgan fingerprint density at radius 2 is 1.56 bits per heavy atom. The Morgan fingerprint density at radius 3 is 1.96 bits per heavy atom. The van der Waals surface area contributed by atoms with Crippen molar-refractivity contribution in [1.82, 2.24) is 10.4 Å². The van der Waals surface area contributed by atoms with Gasteiger partial charge >= 0.3 is 5.97 Å². The van der Waals surface area contributed by atoms with Crippen LogP contribution >= 0.6 is 0 Å². The maximum absolute atomic E-state index is 11.9. The number of carboxylic acids is 1. The first kappa shape index (κ1) is 21.9. The number of hydrogen-bond donors (Lipinski definition) is 2. The zero-order valence-electron chi connectivity index (χ0n) is 17.3. The largest absolute Gasteiger partial charge is 0.478 e. The number of carboxylic acid groups (broad SMARTS) is 1. The van der Waals surface area contributed by atoms with E-state index in [0.29, 0.717) is 5.57 Å². The fraction of sp³-hybridized carbons (Fsp3) is 0.750. The van der Waals surface area contributed by atoms with Gasteiger partial charge in [0, 0.05) is 16.6 Å². The van der Waals surface area contributed by atoms with E-state index in [-0.39, 0.29) is 16.6 Å². The zero-order valence-corrected chi connectivity index (χ0v) is 17.3. The third kappa shape index (κ3) is 4.93. The van der Waals surface area contributed by atoms with Crippen molar-refractivity contribution in [3.8, 4) is 0 Å². The first-order chi connectivity index (χ1) is 11.0. The number of aliphatic carboxylic acids is 1. The summed E-state index contributed by atoms with van der Waals surface area (Å²) in [6, 6.07) is 0. The first-order valence-corrected chi connectivity index (χ1v) is 8.91. The van der Waals surface area contributed by atoms with Crippen molar-refractivity contribution in [3.63, 3.8) is 0 Å². The SMILES string of the molecule is CC1(C)CC=C(C(=O)O)C(C)(C)N1.CC1=CCC(C)(C)N([O])C1(C)C. The number of nitrogens with zero attached hydrogens (tertiary/aromatic N) is 1. The van der Waals surface area contributed by atoms with E-state index in [1.165, 1.54) is 10.6 Å². The van der Waals surface area contributed by atoms with E-state index in [4.69, 9.17) is 5.11 Å². The van der Waals surface area contributed by atoms with Gasteiger partial charge in [0.05, 0.1) is 11.1 Å². The van der Waals surface area contributed by atoms with Gasteiger partial charge in [0.25, 0.3) is 0 Å². The normalized spacial score (nSPS) is 26.6. The number of rotatable bonds is 1. The van der Waals surface area contributed by atoms with Gasteiger partial charge in [0.15, 0.2) is 0 Å². The molecule has 0 saturated heterocycles. The van der Waals surface area contributed by atoms with Crippen molar-refractivity contribution in [2.24, 2.45) is 0 Å². The third-order valence-corrected chi connectivity index (χ3v) is 5.30. The van der Waals surface area contributed by atoms with E-state index in [0.717, 1.165) is 12.8 Å². The Morgan fingerprint density at radius 1 is 1.04 bits per heavy atom. The minimum atomic E-state index is -0.826. The second kappa shape index (κ2) is 6.86. The third-order valence-electron chi connectivity index (χ3n) is 5.30. The molecule has 0 fully saturated rings. The Balaban J connectivity index is 0.000000251. The summed E-state index contributed by atoms with van der Waals surface area (Å²) in [4.78, 5) is 10.9. The van der Waals surface area contributed by atoms with Gasteiger partial charge in [0.2, 0.25) is 0 Å². The van der Waals surface area contributed by atoms with Gasteiger partial charge in [-0.15, -0.1) is 10.3 Å². The molecular weight excluding hydrogens is 316 g/mol. The predicted molar refractivity (Wildman–Crippen MR) is 101 cm³/mol. The van der Waals surface area contributed by atoms with Crippen LogP contribution in [0.4, 0.5) is 0 Å². The summed E-state index contributed by atoms with van der Waals surface area (Å²) in [6.07, 6.45) is 5.61. The standard InChI is InChI=1S/C10H17NO2.C10H18NO/c1-9(2)6-5-7(8(12)13)10(3,4)11-9;1-8-6-7-9(2,3)11(12)10(8,4)5/h5,11H,6H2,1-4H3,(H,12,13);6H,7H2,1-5H3. The summed E-state index contributed by atoms with van der Waals surface area (Å²) in [5.74, 6) is -0.826. The maximum Gasteiger partial charge on any atom is 0.333 e. The molecule has 0 amide bonds. The van der Waals surface area contributed by atoms with Crippen LogP contribution in [0.5, 0.6) is 0 Å². The molecule has 5 heteroatoms. The van der Waals surface area contributed by atoms with Gasteiger partial charge in [-0.3, -0.25) is 0 Å². The highest BCUT2D eigenvalue weighted by Crippen LogP contribution is 2.36. The van der Waals surface area contributed by atoms with Crippen molar-refractivity contribution in [3.05, 3.63) is 23.3 Å². The van der Waals surface area contributed by atoms with Crippen LogP contribution in [0.15, 0.2) is 23.3 Å². The summed E-state index contributed by atoms with van der Waals surface area (Å²) in [6.45, 7) is 17.9. The molecule has 25 heavy (non-hydrogen) atoms. The smallest absolute Gasteiger partial charge is 0.333 e. The number of hydroxylamine groups is 2. The molecule has 2 rings (SSSR count). The highest BCUT2D eigenvalue weighted by atomic mass is 16.5. The summed E-state index contributed by atoms with van der Waals surface area (Å²) >= 11 is 0. The van der Waals surface area contributed by atoms with Crippen LogP contribution in [0.1, 0.15) is 75.2 Å². The van der Waals surface area contributed by atoms with E-state index in [9.17, 15) is 10.0 Å². The van der Waals surface area contributed by atoms with Crippen LogP contribution in [-0.2, 0) is 10.0 Å². The van der Waals surface area contributed by atoms with E-state index in [1.807, 2.05) is 54.5 Å². The van der Waals surface area contributed by atoms with Crippen LogP contribution in [-0.4, -0.2) is 38.3 Å². The molecule has 0 aromatic rings. The van der Waals surface area contributed by atoms with Crippen LogP contribution in [0.3, 0.4) is 0 Å². The molecule has 0 saturated carbocycles. The molecule has 1 radical (unpaired) electrons. The van der Waals surface area contributed by atoms with Crippen LogP contribution < -0.4 is 5.32 Å². The molecule has 0 aromatic heterocycles. The van der Waals surface area contributed by atoms with Gasteiger partial charge < -0.3 is 10.4 Å². The lowest BCUT2D eigenvalue weighted by Crippen LogP contribution is -2.56. The Kier molecular flexibility index (Phi) is 6.00. The average Bonchev–Trinajstić information content (AvgIpc) is 2.40. The van der Waals surface area contributed by atoms with Gasteiger partial charge in [-0.2, -0.15) is 0 Å². The Hall–Kier alpha value is -1.17. The number of hydrogen-bond acceptors (Lipinski definition) is 3. The molecule has 0 aliphatic carbocycles. The van der Waals surface area contributed by atoms with Crippen LogP contribution in [0.2, 0.25) is 0 Å². The van der Waals surface area contributed by atoms with Crippen molar-refractivity contribution < 1.29 is 15.1 Å². The molecule has 0 atom stereocenters. The molecule has 2 heterocycles. The predicted octanol–water partition coefficient (Wildman–Crippen LogP) is 4.09. The molecule has 0 aromatic carbocycles.